The molecule has 0 aromatic heterocycles. The molecule has 0 amide bonds. The van der Waals surface area contributed by atoms with Gasteiger partial charge in [-0.1, -0.05) is 44.2 Å². The number of carbonyl (C=O) groups excluding carboxylic acids is 2. The van der Waals surface area contributed by atoms with Gasteiger partial charge in [0.2, 0.25) is 0 Å². The molecule has 0 aliphatic carbocycles. The second-order valence-electron chi connectivity index (χ2n) is 5.17. The zero-order valence-corrected chi connectivity index (χ0v) is 12.9. The molecule has 2 rings (SSSR count). The molecular formula is C18H20O4. The fourth-order valence-electron chi connectivity index (χ4n) is 1.99. The molecular weight excluding hydrogens is 280 g/mol. The minimum absolute atomic E-state index is 0.0633. The van der Waals surface area contributed by atoms with E-state index in [0.717, 1.165) is 17.2 Å². The SMILES string of the molecule is CCC(C)C(=O)OCCOC(=O)c1ccc2ccccc2c1. The summed E-state index contributed by atoms with van der Waals surface area (Å²) in [5, 5.41) is 2.06. The van der Waals surface area contributed by atoms with E-state index in [1.165, 1.54) is 0 Å². The van der Waals surface area contributed by atoms with E-state index in [-0.39, 0.29) is 25.1 Å². The number of ether oxygens (including phenoxy) is 2. The third kappa shape index (κ3) is 4.07. The third-order valence-corrected chi connectivity index (χ3v) is 3.56. The van der Waals surface area contributed by atoms with E-state index in [1.807, 2.05) is 44.2 Å². The van der Waals surface area contributed by atoms with Crippen LogP contribution in [0, 0.1) is 5.92 Å². The van der Waals surface area contributed by atoms with Crippen molar-refractivity contribution in [1.29, 1.82) is 0 Å². The van der Waals surface area contributed by atoms with Gasteiger partial charge in [-0.05, 0) is 29.3 Å². The Morgan fingerprint density at radius 3 is 2.41 bits per heavy atom. The molecule has 0 bridgehead atoms. The highest BCUT2D eigenvalue weighted by Crippen LogP contribution is 2.16. The van der Waals surface area contributed by atoms with Crippen LogP contribution in [-0.2, 0) is 14.3 Å². The second-order valence-corrected chi connectivity index (χ2v) is 5.17. The molecule has 2 aromatic carbocycles. The van der Waals surface area contributed by atoms with Crippen molar-refractivity contribution in [3.05, 3.63) is 48.0 Å². The maximum absolute atomic E-state index is 12.0. The van der Waals surface area contributed by atoms with Crippen LogP contribution in [0.5, 0.6) is 0 Å². The van der Waals surface area contributed by atoms with Crippen LogP contribution in [0.4, 0.5) is 0 Å². The quantitative estimate of drug-likeness (QED) is 0.604. The minimum atomic E-state index is -0.412. The van der Waals surface area contributed by atoms with Crippen molar-refractivity contribution in [2.75, 3.05) is 13.2 Å². The third-order valence-electron chi connectivity index (χ3n) is 3.56. The Kier molecular flexibility index (Phi) is 5.53. The van der Waals surface area contributed by atoms with E-state index in [2.05, 4.69) is 0 Å². The Balaban J connectivity index is 1.85. The Hall–Kier alpha value is -2.36. The van der Waals surface area contributed by atoms with Crippen molar-refractivity contribution in [3.8, 4) is 0 Å². The smallest absolute Gasteiger partial charge is 0.338 e. The summed E-state index contributed by atoms with van der Waals surface area (Å²) in [5.74, 6) is -0.800. The molecule has 1 atom stereocenters. The van der Waals surface area contributed by atoms with E-state index in [0.29, 0.717) is 5.56 Å². The molecule has 0 fully saturated rings. The summed E-state index contributed by atoms with van der Waals surface area (Å²) in [4.78, 5) is 23.4. The van der Waals surface area contributed by atoms with Crippen LogP contribution in [0.1, 0.15) is 30.6 Å². The first-order valence-corrected chi connectivity index (χ1v) is 7.44. The normalized spacial score (nSPS) is 11.9. The second kappa shape index (κ2) is 7.59. The monoisotopic (exact) mass is 300 g/mol. The number of rotatable bonds is 6. The van der Waals surface area contributed by atoms with Gasteiger partial charge < -0.3 is 9.47 Å². The molecule has 4 heteroatoms. The largest absolute Gasteiger partial charge is 0.462 e. The zero-order chi connectivity index (χ0) is 15.9. The number of esters is 2. The lowest BCUT2D eigenvalue weighted by Gasteiger charge is -2.10. The van der Waals surface area contributed by atoms with Crippen molar-refractivity contribution >= 4 is 22.7 Å². The molecule has 0 aliphatic heterocycles. The van der Waals surface area contributed by atoms with Crippen molar-refractivity contribution in [2.24, 2.45) is 5.92 Å². The van der Waals surface area contributed by atoms with Crippen molar-refractivity contribution in [3.63, 3.8) is 0 Å². The van der Waals surface area contributed by atoms with Crippen LogP contribution < -0.4 is 0 Å². The summed E-state index contributed by atoms with van der Waals surface area (Å²) in [6.45, 7) is 3.88. The predicted molar refractivity (Wildman–Crippen MR) is 84.6 cm³/mol. The lowest BCUT2D eigenvalue weighted by Crippen LogP contribution is -2.18. The molecule has 4 nitrogen and oxygen atoms in total. The number of fused-ring (bicyclic) bond motifs is 1. The Morgan fingerprint density at radius 1 is 1.00 bits per heavy atom. The fraction of sp³-hybridized carbons (Fsp3) is 0.333. The van der Waals surface area contributed by atoms with Crippen LogP contribution >= 0.6 is 0 Å². The molecule has 0 radical (unpaired) electrons. The first-order valence-electron chi connectivity index (χ1n) is 7.44. The highest BCUT2D eigenvalue weighted by molar-refractivity contribution is 5.95. The molecule has 0 heterocycles. The maximum Gasteiger partial charge on any atom is 0.338 e. The van der Waals surface area contributed by atoms with Gasteiger partial charge in [-0.15, -0.1) is 0 Å². The van der Waals surface area contributed by atoms with E-state index < -0.39 is 5.97 Å². The summed E-state index contributed by atoms with van der Waals surface area (Å²) >= 11 is 0. The van der Waals surface area contributed by atoms with E-state index >= 15 is 0 Å². The van der Waals surface area contributed by atoms with Gasteiger partial charge in [0.25, 0.3) is 0 Å². The first kappa shape index (κ1) is 16.0. The van der Waals surface area contributed by atoms with Gasteiger partial charge in [0.15, 0.2) is 0 Å². The summed E-state index contributed by atoms with van der Waals surface area (Å²) in [7, 11) is 0. The summed E-state index contributed by atoms with van der Waals surface area (Å²) < 4.78 is 10.2. The van der Waals surface area contributed by atoms with Crippen LogP contribution in [0.25, 0.3) is 10.8 Å². The highest BCUT2D eigenvalue weighted by atomic mass is 16.6. The average Bonchev–Trinajstić information content (AvgIpc) is 2.57. The minimum Gasteiger partial charge on any atom is -0.462 e. The lowest BCUT2D eigenvalue weighted by atomic mass is 10.1. The molecule has 0 aliphatic rings. The predicted octanol–water partition coefficient (Wildman–Crippen LogP) is 3.59. The molecule has 0 saturated carbocycles. The summed E-state index contributed by atoms with van der Waals surface area (Å²) in [6, 6.07) is 13.2. The Labute approximate surface area is 130 Å². The van der Waals surface area contributed by atoms with Gasteiger partial charge in [-0.25, -0.2) is 4.79 Å². The molecule has 0 saturated heterocycles. The average molecular weight is 300 g/mol. The van der Waals surface area contributed by atoms with Gasteiger partial charge in [0.1, 0.15) is 13.2 Å². The molecule has 116 valence electrons. The fourth-order valence-corrected chi connectivity index (χ4v) is 1.99. The molecule has 0 spiro atoms. The van der Waals surface area contributed by atoms with Crippen LogP contribution in [0.3, 0.4) is 0 Å². The van der Waals surface area contributed by atoms with E-state index in [1.54, 1.807) is 12.1 Å². The van der Waals surface area contributed by atoms with Crippen molar-refractivity contribution < 1.29 is 19.1 Å². The van der Waals surface area contributed by atoms with Gasteiger partial charge >= 0.3 is 11.9 Å². The Bertz CT molecular complexity index is 663. The van der Waals surface area contributed by atoms with Crippen LogP contribution in [-0.4, -0.2) is 25.2 Å². The van der Waals surface area contributed by atoms with Gasteiger partial charge in [-0.3, -0.25) is 4.79 Å². The lowest BCUT2D eigenvalue weighted by molar-refractivity contribution is -0.149. The van der Waals surface area contributed by atoms with E-state index in [4.69, 9.17) is 9.47 Å². The standard InChI is InChI=1S/C18H20O4/c1-3-13(2)17(19)21-10-11-22-18(20)16-9-8-14-6-4-5-7-15(14)12-16/h4-9,12-13H,3,10-11H2,1-2H3. The van der Waals surface area contributed by atoms with E-state index in [9.17, 15) is 9.59 Å². The molecule has 22 heavy (non-hydrogen) atoms. The Morgan fingerprint density at radius 2 is 1.68 bits per heavy atom. The number of carbonyl (C=O) groups is 2. The molecule has 0 N–H and O–H groups in total. The van der Waals surface area contributed by atoms with Gasteiger partial charge in [-0.2, -0.15) is 0 Å². The van der Waals surface area contributed by atoms with Gasteiger partial charge in [0, 0.05) is 0 Å². The summed E-state index contributed by atoms with van der Waals surface area (Å²) in [6.07, 6.45) is 0.732. The highest BCUT2D eigenvalue weighted by Gasteiger charge is 2.12. The number of benzene rings is 2. The van der Waals surface area contributed by atoms with Crippen LogP contribution in [0.15, 0.2) is 42.5 Å². The molecule has 1 unspecified atom stereocenters. The maximum atomic E-state index is 12.0. The van der Waals surface area contributed by atoms with Crippen molar-refractivity contribution in [1.82, 2.24) is 0 Å². The topological polar surface area (TPSA) is 52.6 Å². The van der Waals surface area contributed by atoms with Crippen LogP contribution in [0.2, 0.25) is 0 Å². The summed E-state index contributed by atoms with van der Waals surface area (Å²) in [5.41, 5.74) is 0.493. The number of hydrogen-bond acceptors (Lipinski definition) is 4. The first-order chi connectivity index (χ1) is 10.6. The number of hydrogen-bond donors (Lipinski definition) is 0. The van der Waals surface area contributed by atoms with Crippen molar-refractivity contribution in [2.45, 2.75) is 20.3 Å². The molecule has 2 aromatic rings. The zero-order valence-electron chi connectivity index (χ0n) is 12.9. The van der Waals surface area contributed by atoms with Gasteiger partial charge in [0.05, 0.1) is 11.5 Å².